The van der Waals surface area contributed by atoms with E-state index in [0.717, 1.165) is 74.4 Å². The third kappa shape index (κ3) is 10.0. The molecule has 2 aromatic carbocycles. The van der Waals surface area contributed by atoms with Gasteiger partial charge in [-0.25, -0.2) is 0 Å². The summed E-state index contributed by atoms with van der Waals surface area (Å²) in [6.45, 7) is 10.2. The topological polar surface area (TPSA) is 50.8 Å². The molecule has 0 saturated heterocycles. The molecule has 0 radical (unpaired) electrons. The maximum atomic E-state index is 13.4. The van der Waals surface area contributed by atoms with Gasteiger partial charge in [0.15, 0.2) is 0 Å². The lowest BCUT2D eigenvalue weighted by Crippen LogP contribution is -2.21. The summed E-state index contributed by atoms with van der Waals surface area (Å²) in [5, 5.41) is 14.6. The second kappa shape index (κ2) is 16.8. The summed E-state index contributed by atoms with van der Waals surface area (Å²) >= 11 is 6.41. The lowest BCUT2D eigenvalue weighted by Gasteiger charge is -2.20. The Kier molecular flexibility index (Phi) is 14.2. The second-order valence-electron chi connectivity index (χ2n) is 8.78. The molecule has 194 valence electrons. The molecule has 0 unspecified atom stereocenters. The molecule has 0 aliphatic rings. The normalized spacial score (nSPS) is 11.5. The first-order chi connectivity index (χ1) is 17.0. The Morgan fingerprint density at radius 2 is 1.31 bits per heavy atom. The van der Waals surface area contributed by atoms with Crippen molar-refractivity contribution in [3.8, 4) is 17.2 Å². The molecule has 4 nitrogen and oxygen atoms in total. The summed E-state index contributed by atoms with van der Waals surface area (Å²) in [5.41, 5.74) is 1.34. The summed E-state index contributed by atoms with van der Waals surface area (Å²) < 4.78 is 18.5. The molecule has 35 heavy (non-hydrogen) atoms. The van der Waals surface area contributed by atoms with Gasteiger partial charge in [-0.1, -0.05) is 91.2 Å². The van der Waals surface area contributed by atoms with Crippen LogP contribution in [0.2, 0.25) is 5.02 Å². The van der Waals surface area contributed by atoms with E-state index < -0.39 is 0 Å². The molecule has 2 aromatic rings. The minimum absolute atomic E-state index is 0.0680. The van der Waals surface area contributed by atoms with E-state index in [1.54, 1.807) is 6.07 Å². The van der Waals surface area contributed by atoms with Gasteiger partial charge in [-0.2, -0.15) is 0 Å². The summed E-state index contributed by atoms with van der Waals surface area (Å²) in [5.74, 6) is 2.02. The number of aryl methyl sites for hydroxylation is 1. The molecule has 0 aliphatic carbocycles. The molecule has 0 fully saturated rings. The van der Waals surface area contributed by atoms with Crippen molar-refractivity contribution in [3.63, 3.8) is 0 Å². The SMILES string of the molecule is CCCCCOc1cc(OCCCCC)c(P=C([O-])c2c(C)cccc2Cl)c(OCCCCC)c1. The molecule has 0 saturated carbocycles. The van der Waals surface area contributed by atoms with E-state index in [0.29, 0.717) is 50.1 Å². The van der Waals surface area contributed by atoms with Gasteiger partial charge in [-0.15, -0.1) is 5.48 Å². The highest BCUT2D eigenvalue weighted by atomic mass is 35.5. The fourth-order valence-electron chi connectivity index (χ4n) is 3.64. The van der Waals surface area contributed by atoms with E-state index in [2.05, 4.69) is 20.8 Å². The van der Waals surface area contributed by atoms with Crippen LogP contribution in [-0.4, -0.2) is 25.3 Å². The van der Waals surface area contributed by atoms with Gasteiger partial charge < -0.3 is 19.3 Å². The van der Waals surface area contributed by atoms with E-state index in [1.807, 2.05) is 31.2 Å². The summed E-state index contributed by atoms with van der Waals surface area (Å²) in [6.07, 6.45) is 9.61. The van der Waals surface area contributed by atoms with Crippen molar-refractivity contribution in [1.82, 2.24) is 0 Å². The van der Waals surface area contributed by atoms with Gasteiger partial charge in [0, 0.05) is 17.2 Å². The average Bonchev–Trinajstić information content (AvgIpc) is 2.84. The van der Waals surface area contributed by atoms with Gasteiger partial charge in [-0.3, -0.25) is 0 Å². The van der Waals surface area contributed by atoms with Crippen LogP contribution in [0.4, 0.5) is 0 Å². The van der Waals surface area contributed by atoms with Crippen molar-refractivity contribution in [1.29, 1.82) is 0 Å². The first kappa shape index (κ1) is 29.5. The number of halogens is 1. The molecule has 0 aliphatic heterocycles. The monoisotopic (exact) mass is 519 g/mol. The highest BCUT2D eigenvalue weighted by Crippen LogP contribution is 2.32. The minimum Gasteiger partial charge on any atom is -0.823 e. The first-order valence-corrected chi connectivity index (χ1v) is 14.4. The van der Waals surface area contributed by atoms with E-state index in [1.165, 1.54) is 0 Å². The minimum atomic E-state index is -0.0680. The Morgan fingerprint density at radius 3 is 1.80 bits per heavy atom. The van der Waals surface area contributed by atoms with Crippen molar-refractivity contribution in [2.24, 2.45) is 0 Å². The van der Waals surface area contributed by atoms with Crippen LogP contribution >= 0.6 is 19.8 Å². The Morgan fingerprint density at radius 1 is 0.800 bits per heavy atom. The number of hydrogen-bond donors (Lipinski definition) is 0. The molecule has 0 amide bonds. The van der Waals surface area contributed by atoms with Gasteiger partial charge >= 0.3 is 0 Å². The lowest BCUT2D eigenvalue weighted by molar-refractivity contribution is -0.207. The van der Waals surface area contributed by atoms with Crippen LogP contribution in [0, 0.1) is 6.92 Å². The Labute approximate surface area is 218 Å². The average molecular weight is 520 g/mol. The maximum Gasteiger partial charge on any atom is 0.138 e. The fourth-order valence-corrected chi connectivity index (χ4v) is 5.11. The highest BCUT2D eigenvalue weighted by Gasteiger charge is 2.15. The number of hydrogen-bond acceptors (Lipinski definition) is 4. The first-order valence-electron chi connectivity index (χ1n) is 13.1. The molecule has 0 atom stereocenters. The summed E-state index contributed by atoms with van der Waals surface area (Å²) in [6, 6.07) is 9.35. The number of unbranched alkanes of at least 4 members (excludes halogenated alkanes) is 6. The van der Waals surface area contributed by atoms with Gasteiger partial charge in [0.1, 0.15) is 17.2 Å². The van der Waals surface area contributed by atoms with Gasteiger partial charge in [0.2, 0.25) is 0 Å². The molecule has 2 rings (SSSR count). The zero-order valence-corrected chi connectivity index (χ0v) is 23.5. The smallest absolute Gasteiger partial charge is 0.138 e. The highest BCUT2D eigenvalue weighted by molar-refractivity contribution is 7.49. The number of rotatable bonds is 17. The van der Waals surface area contributed by atoms with Gasteiger partial charge in [-0.05, 0) is 43.4 Å². The van der Waals surface area contributed by atoms with Crippen LogP contribution in [0.5, 0.6) is 17.2 Å². The molecule has 0 spiro atoms. The fraction of sp³-hybridized carbons (Fsp3) is 0.552. The van der Waals surface area contributed by atoms with Crippen molar-refractivity contribution in [2.75, 3.05) is 19.8 Å². The standard InChI is InChI=1S/C29H42ClO4P/c1-5-8-11-17-32-23-20-25(33-18-12-9-6-2)28(26(21-23)34-19-13-10-7-3)35-29(31)27-22(4)15-14-16-24(27)30/h14-16,20-21,31H,5-13,17-19H2,1-4H3/p-1. The van der Waals surface area contributed by atoms with E-state index >= 15 is 0 Å². The van der Waals surface area contributed by atoms with Crippen LogP contribution in [0.1, 0.15) is 89.7 Å². The third-order valence-electron chi connectivity index (χ3n) is 5.69. The lowest BCUT2D eigenvalue weighted by atomic mass is 10.1. The Hall–Kier alpha value is -1.74. The van der Waals surface area contributed by atoms with Crippen LogP contribution in [0.15, 0.2) is 30.3 Å². The van der Waals surface area contributed by atoms with E-state index in [-0.39, 0.29) is 5.48 Å². The van der Waals surface area contributed by atoms with Crippen molar-refractivity contribution in [3.05, 3.63) is 46.5 Å². The molecule has 0 bridgehead atoms. The quantitative estimate of drug-likeness (QED) is 0.161. The largest absolute Gasteiger partial charge is 0.823 e. The van der Waals surface area contributed by atoms with Crippen molar-refractivity contribution in [2.45, 2.75) is 85.5 Å². The van der Waals surface area contributed by atoms with E-state index in [9.17, 15) is 5.11 Å². The number of ether oxygens (including phenoxy) is 3. The zero-order valence-electron chi connectivity index (χ0n) is 21.8. The molecule has 0 heterocycles. The molecular formula is C29H41ClO4P-. The zero-order chi connectivity index (χ0) is 25.5. The molecule has 0 aromatic heterocycles. The van der Waals surface area contributed by atoms with Crippen LogP contribution in [0.25, 0.3) is 0 Å². The molecule has 6 heteroatoms. The summed E-state index contributed by atoms with van der Waals surface area (Å²) in [7, 11) is 0.479. The summed E-state index contributed by atoms with van der Waals surface area (Å²) in [4.78, 5) is 0. The molecule has 0 N–H and O–H groups in total. The van der Waals surface area contributed by atoms with Crippen molar-refractivity contribution < 1.29 is 19.3 Å². The van der Waals surface area contributed by atoms with Crippen LogP contribution < -0.4 is 24.6 Å². The number of benzene rings is 2. The maximum absolute atomic E-state index is 13.4. The van der Waals surface area contributed by atoms with E-state index in [4.69, 9.17) is 25.8 Å². The van der Waals surface area contributed by atoms with Gasteiger partial charge in [0.05, 0.1) is 25.1 Å². The molecular weight excluding hydrogens is 479 g/mol. The Bertz CT molecular complexity index is 876. The predicted molar refractivity (Wildman–Crippen MR) is 148 cm³/mol. The van der Waals surface area contributed by atoms with Crippen LogP contribution in [0.3, 0.4) is 0 Å². The van der Waals surface area contributed by atoms with Crippen LogP contribution in [-0.2, 0) is 0 Å². The van der Waals surface area contributed by atoms with Gasteiger partial charge in [0.25, 0.3) is 0 Å². The van der Waals surface area contributed by atoms with Crippen molar-refractivity contribution >= 4 is 30.6 Å². The predicted octanol–water partition coefficient (Wildman–Crippen LogP) is 7.47. The Balaban J connectivity index is 2.47. The second-order valence-corrected chi connectivity index (χ2v) is 10.3. The third-order valence-corrected chi connectivity index (χ3v) is 7.10.